The Hall–Kier alpha value is -2.00. The van der Waals surface area contributed by atoms with E-state index >= 15 is 0 Å². The van der Waals surface area contributed by atoms with Crippen LogP contribution in [0.5, 0.6) is 0 Å². The highest BCUT2D eigenvalue weighted by atomic mass is 19.3. The van der Waals surface area contributed by atoms with Gasteiger partial charge in [0.05, 0.1) is 6.07 Å². The van der Waals surface area contributed by atoms with Crippen LogP contribution in [0.15, 0.2) is 30.3 Å². The van der Waals surface area contributed by atoms with E-state index in [1.807, 2.05) is 12.1 Å². The first kappa shape index (κ1) is 15.1. The van der Waals surface area contributed by atoms with Gasteiger partial charge in [-0.1, -0.05) is 30.3 Å². The van der Waals surface area contributed by atoms with Crippen molar-refractivity contribution in [3.63, 3.8) is 0 Å². The van der Waals surface area contributed by atoms with Crippen LogP contribution in [-0.2, 0) is 11.2 Å². The van der Waals surface area contributed by atoms with Crippen molar-refractivity contribution in [3.05, 3.63) is 35.9 Å². The molecule has 0 aliphatic heterocycles. The zero-order valence-corrected chi connectivity index (χ0v) is 10.1. The van der Waals surface area contributed by atoms with E-state index in [1.54, 1.807) is 24.3 Å². The number of aliphatic hydroxyl groups excluding tert-OH is 1. The second-order valence-corrected chi connectivity index (χ2v) is 4.02. The van der Waals surface area contributed by atoms with E-state index in [0.717, 1.165) is 5.56 Å². The van der Waals surface area contributed by atoms with Gasteiger partial charge < -0.3 is 10.4 Å². The molecule has 6 heteroatoms. The van der Waals surface area contributed by atoms with Gasteiger partial charge in [0.25, 0.3) is 6.43 Å². The topological polar surface area (TPSA) is 73.1 Å². The molecule has 0 fully saturated rings. The molecule has 2 atom stereocenters. The van der Waals surface area contributed by atoms with Gasteiger partial charge >= 0.3 is 0 Å². The van der Waals surface area contributed by atoms with Crippen molar-refractivity contribution in [2.24, 2.45) is 5.92 Å². The maximum Gasteiger partial charge on any atom is 0.265 e. The third-order valence-electron chi connectivity index (χ3n) is 2.53. The van der Waals surface area contributed by atoms with E-state index in [2.05, 4.69) is 5.32 Å². The molecule has 102 valence electrons. The molecule has 1 rings (SSSR count). The summed E-state index contributed by atoms with van der Waals surface area (Å²) >= 11 is 0. The first-order valence-electron chi connectivity index (χ1n) is 5.72. The minimum atomic E-state index is -2.92. The SMILES string of the molecule is N#CC(Cc1ccccc1)C(=O)NCC(O)C(F)F. The number of aliphatic hydroxyl groups is 1. The van der Waals surface area contributed by atoms with Crippen molar-refractivity contribution in [2.45, 2.75) is 19.0 Å². The molecule has 0 saturated heterocycles. The lowest BCUT2D eigenvalue weighted by atomic mass is 10.00. The number of hydrogen-bond acceptors (Lipinski definition) is 3. The largest absolute Gasteiger partial charge is 0.385 e. The Morgan fingerprint density at radius 2 is 2.00 bits per heavy atom. The summed E-state index contributed by atoms with van der Waals surface area (Å²) in [5, 5.41) is 19.9. The van der Waals surface area contributed by atoms with Crippen molar-refractivity contribution in [1.82, 2.24) is 5.32 Å². The number of amides is 1. The standard InChI is InChI=1S/C13H14F2N2O2/c14-12(15)11(18)8-17-13(19)10(7-16)6-9-4-2-1-3-5-9/h1-5,10-12,18H,6,8H2,(H,17,19). The zero-order valence-electron chi connectivity index (χ0n) is 10.1. The minimum Gasteiger partial charge on any atom is -0.385 e. The van der Waals surface area contributed by atoms with Crippen molar-refractivity contribution in [1.29, 1.82) is 5.26 Å². The monoisotopic (exact) mass is 268 g/mol. The predicted octanol–water partition coefficient (Wildman–Crippen LogP) is 1.11. The maximum atomic E-state index is 12.0. The number of rotatable bonds is 6. The second-order valence-electron chi connectivity index (χ2n) is 4.02. The summed E-state index contributed by atoms with van der Waals surface area (Å²) < 4.78 is 24.1. The van der Waals surface area contributed by atoms with Crippen molar-refractivity contribution >= 4 is 5.91 Å². The van der Waals surface area contributed by atoms with Crippen LogP contribution in [-0.4, -0.2) is 30.1 Å². The van der Waals surface area contributed by atoms with E-state index in [1.165, 1.54) is 0 Å². The van der Waals surface area contributed by atoms with Crippen LogP contribution in [0.4, 0.5) is 8.78 Å². The van der Waals surface area contributed by atoms with E-state index in [-0.39, 0.29) is 6.42 Å². The van der Waals surface area contributed by atoms with Gasteiger partial charge in [0.1, 0.15) is 12.0 Å². The summed E-state index contributed by atoms with van der Waals surface area (Å²) in [4.78, 5) is 11.6. The highest BCUT2D eigenvalue weighted by Gasteiger charge is 2.22. The summed E-state index contributed by atoms with van der Waals surface area (Å²) in [6.07, 6.45) is -4.64. The van der Waals surface area contributed by atoms with Gasteiger partial charge in [0, 0.05) is 6.54 Å². The first-order chi connectivity index (χ1) is 9.04. The quantitative estimate of drug-likeness (QED) is 0.811. The normalized spacial score (nSPS) is 13.6. The van der Waals surface area contributed by atoms with Crippen molar-refractivity contribution in [3.8, 4) is 6.07 Å². The van der Waals surface area contributed by atoms with Crippen LogP contribution < -0.4 is 5.32 Å². The maximum absolute atomic E-state index is 12.0. The molecule has 0 saturated carbocycles. The Morgan fingerprint density at radius 3 is 2.53 bits per heavy atom. The van der Waals surface area contributed by atoms with E-state index < -0.39 is 30.9 Å². The number of halogens is 2. The highest BCUT2D eigenvalue weighted by molar-refractivity contribution is 5.81. The second kappa shape index (κ2) is 7.44. The summed E-state index contributed by atoms with van der Waals surface area (Å²) in [5.74, 6) is -1.63. The summed E-state index contributed by atoms with van der Waals surface area (Å²) in [6, 6.07) is 10.7. The van der Waals surface area contributed by atoms with Gasteiger partial charge in [0.2, 0.25) is 5.91 Å². The zero-order chi connectivity index (χ0) is 14.3. The molecule has 0 bridgehead atoms. The third-order valence-corrected chi connectivity index (χ3v) is 2.53. The first-order valence-corrected chi connectivity index (χ1v) is 5.72. The molecular weight excluding hydrogens is 254 g/mol. The lowest BCUT2D eigenvalue weighted by Gasteiger charge is -2.13. The molecule has 4 nitrogen and oxygen atoms in total. The molecule has 1 amide bonds. The number of benzene rings is 1. The van der Waals surface area contributed by atoms with Crippen LogP contribution in [0.2, 0.25) is 0 Å². The average molecular weight is 268 g/mol. The van der Waals surface area contributed by atoms with Gasteiger partial charge in [-0.25, -0.2) is 8.78 Å². The Bertz CT molecular complexity index is 446. The van der Waals surface area contributed by atoms with Gasteiger partial charge in [0.15, 0.2) is 0 Å². The average Bonchev–Trinajstić information content (AvgIpc) is 2.42. The highest BCUT2D eigenvalue weighted by Crippen LogP contribution is 2.08. The number of hydrogen-bond donors (Lipinski definition) is 2. The molecule has 1 aromatic carbocycles. The van der Waals surface area contributed by atoms with Gasteiger partial charge in [-0.05, 0) is 12.0 Å². The Labute approximate surface area is 109 Å². The number of nitrogens with zero attached hydrogens (tertiary/aromatic N) is 1. The fraction of sp³-hybridized carbons (Fsp3) is 0.385. The summed E-state index contributed by atoms with van der Waals surface area (Å²) in [6.45, 7) is -0.566. The molecule has 1 aromatic rings. The fourth-order valence-corrected chi connectivity index (χ4v) is 1.46. The number of carbonyl (C=O) groups excluding carboxylic acids is 1. The van der Waals surface area contributed by atoms with Crippen LogP contribution in [0.3, 0.4) is 0 Å². The van der Waals surface area contributed by atoms with Crippen LogP contribution in [0.1, 0.15) is 5.56 Å². The fourth-order valence-electron chi connectivity index (χ4n) is 1.46. The molecule has 19 heavy (non-hydrogen) atoms. The molecule has 0 aliphatic rings. The molecule has 0 aromatic heterocycles. The van der Waals surface area contributed by atoms with E-state index in [4.69, 9.17) is 10.4 Å². The lowest BCUT2D eigenvalue weighted by Crippen LogP contribution is -2.39. The predicted molar refractivity (Wildman–Crippen MR) is 64.3 cm³/mol. The Morgan fingerprint density at radius 1 is 1.37 bits per heavy atom. The van der Waals surface area contributed by atoms with Crippen LogP contribution >= 0.6 is 0 Å². The molecule has 2 unspecified atom stereocenters. The third kappa shape index (κ3) is 5.02. The summed E-state index contributed by atoms with van der Waals surface area (Å²) in [5.41, 5.74) is 0.804. The smallest absolute Gasteiger partial charge is 0.265 e. The molecule has 2 N–H and O–H groups in total. The van der Waals surface area contributed by atoms with E-state index in [9.17, 15) is 13.6 Å². The van der Waals surface area contributed by atoms with Crippen molar-refractivity contribution in [2.75, 3.05) is 6.54 Å². The lowest BCUT2D eigenvalue weighted by molar-refractivity contribution is -0.124. The number of nitriles is 1. The molecule has 0 spiro atoms. The van der Waals surface area contributed by atoms with Gasteiger partial charge in [-0.3, -0.25) is 4.79 Å². The Balaban J connectivity index is 2.51. The van der Waals surface area contributed by atoms with Crippen molar-refractivity contribution < 1.29 is 18.7 Å². The summed E-state index contributed by atoms with van der Waals surface area (Å²) in [7, 11) is 0. The van der Waals surface area contributed by atoms with Crippen LogP contribution in [0, 0.1) is 17.2 Å². The minimum absolute atomic E-state index is 0.202. The number of alkyl halides is 2. The number of nitrogens with one attached hydrogen (secondary N) is 1. The molecular formula is C13H14F2N2O2. The van der Waals surface area contributed by atoms with Gasteiger partial charge in [-0.15, -0.1) is 0 Å². The molecule has 0 radical (unpaired) electrons. The van der Waals surface area contributed by atoms with Gasteiger partial charge in [-0.2, -0.15) is 5.26 Å². The van der Waals surface area contributed by atoms with E-state index in [0.29, 0.717) is 0 Å². The number of carbonyl (C=O) groups is 1. The Kier molecular flexibility index (Phi) is 5.90. The molecule has 0 heterocycles. The molecule has 0 aliphatic carbocycles. The van der Waals surface area contributed by atoms with Crippen LogP contribution in [0.25, 0.3) is 0 Å².